The van der Waals surface area contributed by atoms with Gasteiger partial charge in [-0.3, -0.25) is 14.4 Å². The van der Waals surface area contributed by atoms with Gasteiger partial charge in [-0.2, -0.15) is 0 Å². The van der Waals surface area contributed by atoms with Gasteiger partial charge in [-0.25, -0.2) is 0 Å². The van der Waals surface area contributed by atoms with Crippen LogP contribution < -0.4 is 11.1 Å². The fraction of sp³-hybridized carbons (Fsp3) is 0.235. The molecule has 7 heteroatoms. The number of rotatable bonds is 3. The van der Waals surface area contributed by atoms with Crippen molar-refractivity contribution in [3.05, 3.63) is 67.6 Å². The van der Waals surface area contributed by atoms with E-state index in [1.54, 1.807) is 25.2 Å². The minimum atomic E-state index is -0.716. The van der Waals surface area contributed by atoms with Crippen LogP contribution in [0.4, 0.5) is 0 Å². The molecule has 0 spiro atoms. The maximum absolute atomic E-state index is 12.4. The molecule has 0 aliphatic heterocycles. The van der Waals surface area contributed by atoms with Crippen LogP contribution in [0.1, 0.15) is 27.2 Å². The molecule has 1 aromatic carbocycles. The molecule has 2 aromatic heterocycles. The van der Waals surface area contributed by atoms with Gasteiger partial charge >= 0.3 is 11.1 Å². The van der Waals surface area contributed by atoms with Gasteiger partial charge in [0, 0.05) is 19.2 Å². The molecule has 24 heavy (non-hydrogen) atoms. The molecule has 0 saturated heterocycles. The topological polar surface area (TPSA) is 99.2 Å². The van der Waals surface area contributed by atoms with Crippen LogP contribution in [0.5, 0.6) is 0 Å². The second-order valence-corrected chi connectivity index (χ2v) is 5.77. The summed E-state index contributed by atoms with van der Waals surface area (Å²) in [5, 5.41) is 0. The molecule has 7 nitrogen and oxygen atoms in total. The maximum atomic E-state index is 12.4. The lowest BCUT2D eigenvalue weighted by Crippen LogP contribution is -2.30. The molecule has 0 atom stereocenters. The van der Waals surface area contributed by atoms with Gasteiger partial charge in [-0.05, 0) is 43.2 Å². The Morgan fingerprint density at radius 2 is 1.92 bits per heavy atom. The Balaban J connectivity index is 2.09. The minimum Gasteiger partial charge on any atom is -0.459 e. The largest absolute Gasteiger partial charge is 0.459 e. The lowest BCUT2D eigenvalue weighted by atomic mass is 10.0. The van der Waals surface area contributed by atoms with E-state index in [-0.39, 0.29) is 18.2 Å². The normalized spacial score (nSPS) is 11.0. The Morgan fingerprint density at radius 1 is 1.21 bits per heavy atom. The molecule has 0 radical (unpaired) electrons. The molecule has 0 aliphatic rings. The monoisotopic (exact) mass is 327 g/mol. The number of carbonyl (C=O) groups is 1. The van der Waals surface area contributed by atoms with Crippen LogP contribution in [0, 0.1) is 13.8 Å². The zero-order valence-corrected chi connectivity index (χ0v) is 13.6. The van der Waals surface area contributed by atoms with Crippen LogP contribution in [0.15, 0.2) is 38.5 Å². The van der Waals surface area contributed by atoms with Crippen molar-refractivity contribution in [1.82, 2.24) is 14.9 Å². The number of aromatic amines is 2. The molecule has 3 rings (SSSR count). The van der Waals surface area contributed by atoms with Crippen LogP contribution in [-0.2, 0) is 6.54 Å². The fourth-order valence-electron chi connectivity index (χ4n) is 2.67. The van der Waals surface area contributed by atoms with Crippen LogP contribution in [0.25, 0.3) is 11.0 Å². The van der Waals surface area contributed by atoms with Crippen LogP contribution >= 0.6 is 0 Å². The highest BCUT2D eigenvalue weighted by Crippen LogP contribution is 2.23. The number of amides is 1. The van der Waals surface area contributed by atoms with Crippen LogP contribution in [-0.4, -0.2) is 27.8 Å². The fourth-order valence-corrected chi connectivity index (χ4v) is 2.67. The Bertz CT molecular complexity index is 1030. The maximum Gasteiger partial charge on any atom is 0.314 e. The number of nitrogens with zero attached hydrogens (tertiary/aromatic N) is 1. The lowest BCUT2D eigenvalue weighted by molar-refractivity contribution is 0.0754. The van der Waals surface area contributed by atoms with Crippen molar-refractivity contribution in [3.63, 3.8) is 0 Å². The van der Waals surface area contributed by atoms with E-state index in [4.69, 9.17) is 4.42 Å². The number of fused-ring (bicyclic) bond motifs is 1. The summed E-state index contributed by atoms with van der Waals surface area (Å²) in [5.41, 5.74) is 2.34. The molecule has 3 aromatic rings. The van der Waals surface area contributed by atoms with E-state index < -0.39 is 11.1 Å². The van der Waals surface area contributed by atoms with Gasteiger partial charge in [0.15, 0.2) is 5.76 Å². The van der Waals surface area contributed by atoms with E-state index in [9.17, 15) is 14.4 Å². The molecule has 0 fully saturated rings. The molecule has 2 N–H and O–H groups in total. The van der Waals surface area contributed by atoms with E-state index in [2.05, 4.69) is 9.97 Å². The first-order valence-corrected chi connectivity index (χ1v) is 7.43. The summed E-state index contributed by atoms with van der Waals surface area (Å²) < 4.78 is 5.13. The average molecular weight is 327 g/mol. The van der Waals surface area contributed by atoms with Gasteiger partial charge in [-0.1, -0.05) is 0 Å². The van der Waals surface area contributed by atoms with Crippen molar-refractivity contribution in [3.8, 4) is 0 Å². The number of nitrogens with one attached hydrogen (secondary N) is 2. The van der Waals surface area contributed by atoms with Crippen molar-refractivity contribution >= 4 is 16.9 Å². The molecule has 0 saturated carbocycles. The zero-order chi connectivity index (χ0) is 17.4. The second kappa shape index (κ2) is 5.84. The van der Waals surface area contributed by atoms with Gasteiger partial charge in [0.1, 0.15) is 0 Å². The van der Waals surface area contributed by atoms with Gasteiger partial charge in [0.05, 0.1) is 17.3 Å². The first-order valence-electron chi connectivity index (χ1n) is 7.43. The number of hydrogen-bond donors (Lipinski definition) is 2. The van der Waals surface area contributed by atoms with Crippen LogP contribution in [0.3, 0.4) is 0 Å². The Morgan fingerprint density at radius 3 is 2.58 bits per heavy atom. The Kier molecular flexibility index (Phi) is 3.84. The van der Waals surface area contributed by atoms with Gasteiger partial charge in [0.25, 0.3) is 5.91 Å². The highest BCUT2D eigenvalue weighted by Gasteiger charge is 2.18. The molecular weight excluding hydrogens is 310 g/mol. The number of H-pyrrole nitrogens is 2. The zero-order valence-electron chi connectivity index (χ0n) is 13.6. The highest BCUT2D eigenvalue weighted by atomic mass is 16.3. The van der Waals surface area contributed by atoms with E-state index >= 15 is 0 Å². The summed E-state index contributed by atoms with van der Waals surface area (Å²) in [5.74, 6) is -0.0187. The smallest absolute Gasteiger partial charge is 0.314 e. The summed E-state index contributed by atoms with van der Waals surface area (Å²) >= 11 is 0. The number of benzene rings is 1. The predicted molar refractivity (Wildman–Crippen MR) is 89.2 cm³/mol. The minimum absolute atomic E-state index is 0.244. The summed E-state index contributed by atoms with van der Waals surface area (Å²) in [4.78, 5) is 42.3. The number of aryl methyl sites for hydroxylation is 1. The number of furan rings is 1. The molecular formula is C17H17N3O4. The third-order valence-corrected chi connectivity index (χ3v) is 4.14. The molecule has 0 bridgehead atoms. The van der Waals surface area contributed by atoms with Crippen LogP contribution in [0.2, 0.25) is 0 Å². The van der Waals surface area contributed by atoms with Gasteiger partial charge in [-0.15, -0.1) is 0 Å². The molecule has 2 heterocycles. The molecule has 0 unspecified atom stereocenters. The standard InChI is InChI=1S/C17H17N3O4/c1-9-7-12-14(19-16(22)15(21)18-12)11(10(9)2)8-20(3)17(23)13-5-4-6-24-13/h4-7H,8H2,1-3H3,(H,18,21)(H,19,22). The van der Waals surface area contributed by atoms with E-state index in [0.717, 1.165) is 16.7 Å². The third-order valence-electron chi connectivity index (χ3n) is 4.14. The van der Waals surface area contributed by atoms with Crippen molar-refractivity contribution in [2.45, 2.75) is 20.4 Å². The Hall–Kier alpha value is -3.09. The van der Waals surface area contributed by atoms with Gasteiger partial charge < -0.3 is 19.3 Å². The molecule has 124 valence electrons. The Labute approximate surface area is 136 Å². The number of carbonyl (C=O) groups excluding carboxylic acids is 1. The molecule has 0 aliphatic carbocycles. The van der Waals surface area contributed by atoms with E-state index in [1.807, 2.05) is 13.8 Å². The summed E-state index contributed by atoms with van der Waals surface area (Å²) in [6.07, 6.45) is 1.44. The molecule has 1 amide bonds. The highest BCUT2D eigenvalue weighted by molar-refractivity contribution is 5.91. The van der Waals surface area contributed by atoms with Crippen molar-refractivity contribution in [2.75, 3.05) is 7.05 Å². The first kappa shape index (κ1) is 15.8. The SMILES string of the molecule is Cc1cc2[nH]c(=O)c(=O)[nH]c2c(CN(C)C(=O)c2ccco2)c1C. The summed E-state index contributed by atoms with van der Waals surface area (Å²) in [6.45, 7) is 4.10. The average Bonchev–Trinajstić information content (AvgIpc) is 3.07. The number of hydrogen-bond acceptors (Lipinski definition) is 4. The van der Waals surface area contributed by atoms with E-state index in [1.165, 1.54) is 11.2 Å². The second-order valence-electron chi connectivity index (χ2n) is 5.77. The first-order chi connectivity index (χ1) is 11.4. The van der Waals surface area contributed by atoms with Crippen molar-refractivity contribution in [1.29, 1.82) is 0 Å². The van der Waals surface area contributed by atoms with Crippen molar-refractivity contribution in [2.24, 2.45) is 0 Å². The quantitative estimate of drug-likeness (QED) is 0.715. The predicted octanol–water partition coefficient (Wildman–Crippen LogP) is 1.70. The number of aromatic nitrogens is 2. The third kappa shape index (κ3) is 2.64. The van der Waals surface area contributed by atoms with Gasteiger partial charge in [0.2, 0.25) is 0 Å². The van der Waals surface area contributed by atoms with Crippen molar-refractivity contribution < 1.29 is 9.21 Å². The summed E-state index contributed by atoms with van der Waals surface area (Å²) in [6, 6.07) is 5.05. The summed E-state index contributed by atoms with van der Waals surface area (Å²) in [7, 11) is 1.66. The van der Waals surface area contributed by atoms with E-state index in [0.29, 0.717) is 11.0 Å². The lowest BCUT2D eigenvalue weighted by Gasteiger charge is -2.19.